The molecule has 0 fully saturated rings. The molecule has 0 amide bonds. The van der Waals surface area contributed by atoms with Crippen molar-refractivity contribution in [2.45, 2.75) is 13.5 Å². The Balaban J connectivity index is 1.85. The van der Waals surface area contributed by atoms with Crippen LogP contribution in [0.4, 0.5) is 10.3 Å². The molecule has 1 N–H and O–H groups in total. The highest BCUT2D eigenvalue weighted by atomic mass is 19.1. The third kappa shape index (κ3) is 3.75. The van der Waals surface area contributed by atoms with Crippen molar-refractivity contribution in [3.63, 3.8) is 0 Å². The van der Waals surface area contributed by atoms with E-state index in [4.69, 9.17) is 18.9 Å². The molecule has 1 heterocycles. The molecule has 1 aromatic heterocycles. The molecule has 9 heteroatoms. The Morgan fingerprint density at radius 2 is 1.61 bits per heavy atom. The minimum Gasteiger partial charge on any atom is -0.496 e. The summed E-state index contributed by atoms with van der Waals surface area (Å²) in [4.78, 5) is 16.8. The lowest BCUT2D eigenvalue weighted by Gasteiger charge is -2.19. The summed E-state index contributed by atoms with van der Waals surface area (Å²) >= 11 is 0. The predicted octanol–water partition coefficient (Wildman–Crippen LogP) is 4.64. The number of fused-ring (bicyclic) bond motifs is 2. The molecule has 0 atom stereocenters. The Morgan fingerprint density at radius 1 is 0.939 bits per heavy atom. The molecular formula is C24H24FN3O5. The normalized spacial score (nSPS) is 11.0. The van der Waals surface area contributed by atoms with Gasteiger partial charge >= 0.3 is 0 Å². The van der Waals surface area contributed by atoms with E-state index in [1.54, 1.807) is 40.6 Å². The number of nitrogens with zero attached hydrogens (tertiary/aromatic N) is 2. The van der Waals surface area contributed by atoms with Crippen molar-refractivity contribution in [1.82, 2.24) is 9.55 Å². The number of halogens is 1. The lowest BCUT2D eigenvalue weighted by molar-refractivity contribution is 0.0943. The van der Waals surface area contributed by atoms with Crippen LogP contribution in [0.25, 0.3) is 21.8 Å². The average Bonchev–Trinajstić information content (AvgIpc) is 3.18. The number of carbonyl (C=O) groups excluding carboxylic acids is 1. The highest BCUT2D eigenvalue weighted by molar-refractivity contribution is 6.03. The molecule has 0 aliphatic rings. The van der Waals surface area contributed by atoms with Gasteiger partial charge in [-0.25, -0.2) is 13.9 Å². The van der Waals surface area contributed by atoms with Crippen LogP contribution in [0.1, 0.15) is 17.3 Å². The third-order valence-electron chi connectivity index (χ3n) is 5.43. The zero-order valence-electron chi connectivity index (χ0n) is 19.0. The molecular weight excluding hydrogens is 429 g/mol. The first-order chi connectivity index (χ1) is 15.9. The fraction of sp³-hybridized carbons (Fsp3) is 0.250. The fourth-order valence-electron chi connectivity index (χ4n) is 4.02. The van der Waals surface area contributed by atoms with Crippen LogP contribution in [0.15, 0.2) is 36.4 Å². The summed E-state index contributed by atoms with van der Waals surface area (Å²) in [5.41, 5.74) is 1.63. The number of hydrogen-bond donors (Lipinski definition) is 1. The van der Waals surface area contributed by atoms with Gasteiger partial charge in [0.05, 0.1) is 50.2 Å². The van der Waals surface area contributed by atoms with Crippen LogP contribution in [0.5, 0.6) is 23.0 Å². The van der Waals surface area contributed by atoms with E-state index in [9.17, 15) is 9.18 Å². The number of imidazole rings is 1. The molecule has 0 radical (unpaired) electrons. The molecule has 8 nitrogen and oxygen atoms in total. The smallest absolute Gasteiger partial charge is 0.230 e. The van der Waals surface area contributed by atoms with E-state index in [0.29, 0.717) is 50.8 Å². The number of ether oxygens (including phenoxy) is 4. The SMILES string of the molecule is COc1ccc(OC)c2c(OC)c(CNc3nc4ccc(F)cc4n3C(C)=O)cc(OC)c12. The zero-order valence-corrected chi connectivity index (χ0v) is 19.0. The first-order valence-electron chi connectivity index (χ1n) is 10.1. The van der Waals surface area contributed by atoms with E-state index >= 15 is 0 Å². The average molecular weight is 453 g/mol. The molecule has 4 rings (SSSR count). The van der Waals surface area contributed by atoms with Gasteiger partial charge in [-0.2, -0.15) is 0 Å². The van der Waals surface area contributed by atoms with Crippen LogP contribution in [0.3, 0.4) is 0 Å². The number of carbonyl (C=O) groups is 1. The van der Waals surface area contributed by atoms with Gasteiger partial charge in [-0.05, 0) is 30.3 Å². The van der Waals surface area contributed by atoms with E-state index < -0.39 is 5.82 Å². The summed E-state index contributed by atoms with van der Waals surface area (Å²) in [5, 5.41) is 4.58. The number of benzene rings is 3. The second-order valence-electron chi connectivity index (χ2n) is 7.27. The first kappa shape index (κ1) is 22.2. The number of anilines is 1. The number of rotatable bonds is 7. The predicted molar refractivity (Wildman–Crippen MR) is 123 cm³/mol. The van der Waals surface area contributed by atoms with Crippen LogP contribution in [0.2, 0.25) is 0 Å². The Bertz CT molecular complexity index is 1370. The van der Waals surface area contributed by atoms with Gasteiger partial charge in [-0.15, -0.1) is 0 Å². The molecule has 0 saturated carbocycles. The summed E-state index contributed by atoms with van der Waals surface area (Å²) in [6.07, 6.45) is 0. The Hall–Kier alpha value is -4.01. The van der Waals surface area contributed by atoms with E-state index in [1.807, 2.05) is 6.07 Å². The van der Waals surface area contributed by atoms with E-state index in [2.05, 4.69) is 10.3 Å². The van der Waals surface area contributed by atoms with Gasteiger partial charge in [0.1, 0.15) is 28.8 Å². The van der Waals surface area contributed by atoms with Gasteiger partial charge < -0.3 is 24.3 Å². The fourth-order valence-corrected chi connectivity index (χ4v) is 4.02. The molecule has 0 unspecified atom stereocenters. The lowest BCUT2D eigenvalue weighted by Crippen LogP contribution is -2.13. The van der Waals surface area contributed by atoms with Gasteiger partial charge in [-0.3, -0.25) is 4.79 Å². The summed E-state index contributed by atoms with van der Waals surface area (Å²) < 4.78 is 37.6. The standard InChI is InChI=1S/C24H24FN3O5/c1-13(29)28-17-11-15(25)6-7-16(17)27-24(28)26-12-14-10-20(32-4)21-18(30-2)8-9-19(31-3)22(21)23(14)33-5/h6-11H,12H2,1-5H3,(H,26,27). The third-order valence-corrected chi connectivity index (χ3v) is 5.43. The molecule has 4 aromatic rings. The maximum Gasteiger partial charge on any atom is 0.230 e. The number of aromatic nitrogens is 2. The number of nitrogens with one attached hydrogen (secondary N) is 1. The first-order valence-corrected chi connectivity index (χ1v) is 10.1. The maximum absolute atomic E-state index is 13.8. The van der Waals surface area contributed by atoms with Crippen molar-refractivity contribution in [2.75, 3.05) is 33.8 Å². The van der Waals surface area contributed by atoms with E-state index in [-0.39, 0.29) is 12.5 Å². The van der Waals surface area contributed by atoms with Crippen molar-refractivity contribution in [1.29, 1.82) is 0 Å². The maximum atomic E-state index is 13.8. The molecule has 33 heavy (non-hydrogen) atoms. The largest absolute Gasteiger partial charge is 0.496 e. The van der Waals surface area contributed by atoms with Crippen molar-refractivity contribution in [2.24, 2.45) is 0 Å². The molecule has 0 aliphatic heterocycles. The molecule has 0 aliphatic carbocycles. The lowest BCUT2D eigenvalue weighted by atomic mass is 10.0. The molecule has 172 valence electrons. The van der Waals surface area contributed by atoms with Crippen molar-refractivity contribution in [3.8, 4) is 23.0 Å². The van der Waals surface area contributed by atoms with Gasteiger partial charge in [0.15, 0.2) is 0 Å². The minimum atomic E-state index is -0.446. The molecule has 0 bridgehead atoms. The van der Waals surface area contributed by atoms with Crippen molar-refractivity contribution >= 4 is 33.7 Å². The molecule has 3 aromatic carbocycles. The Morgan fingerprint density at radius 3 is 2.21 bits per heavy atom. The summed E-state index contributed by atoms with van der Waals surface area (Å²) in [7, 11) is 6.29. The summed E-state index contributed by atoms with van der Waals surface area (Å²) in [6, 6.07) is 9.55. The Kier molecular flexibility index (Phi) is 5.95. The second-order valence-corrected chi connectivity index (χ2v) is 7.27. The topological polar surface area (TPSA) is 83.8 Å². The Labute approximate surface area is 189 Å². The highest BCUT2D eigenvalue weighted by Gasteiger charge is 2.22. The van der Waals surface area contributed by atoms with Crippen LogP contribution in [-0.2, 0) is 6.54 Å². The van der Waals surface area contributed by atoms with Crippen LogP contribution in [-0.4, -0.2) is 43.9 Å². The monoisotopic (exact) mass is 453 g/mol. The second kappa shape index (κ2) is 8.85. The quantitative estimate of drug-likeness (QED) is 0.437. The molecule has 0 saturated heterocycles. The number of hydrogen-bond acceptors (Lipinski definition) is 7. The minimum absolute atomic E-state index is 0.245. The zero-order chi connectivity index (χ0) is 23.7. The van der Waals surface area contributed by atoms with Gasteiger partial charge in [0.25, 0.3) is 0 Å². The van der Waals surface area contributed by atoms with Crippen molar-refractivity contribution < 1.29 is 28.1 Å². The van der Waals surface area contributed by atoms with E-state index in [0.717, 1.165) is 5.56 Å². The summed E-state index contributed by atoms with van der Waals surface area (Å²) in [6.45, 7) is 1.64. The van der Waals surface area contributed by atoms with Crippen LogP contribution < -0.4 is 24.3 Å². The van der Waals surface area contributed by atoms with Crippen LogP contribution in [0, 0.1) is 5.82 Å². The summed E-state index contributed by atoms with van der Waals surface area (Å²) in [5.74, 6) is 1.89. The van der Waals surface area contributed by atoms with E-state index in [1.165, 1.54) is 29.7 Å². The highest BCUT2D eigenvalue weighted by Crippen LogP contribution is 2.46. The van der Waals surface area contributed by atoms with Gasteiger partial charge in [-0.1, -0.05) is 0 Å². The van der Waals surface area contributed by atoms with Gasteiger partial charge in [0.2, 0.25) is 11.9 Å². The van der Waals surface area contributed by atoms with Crippen LogP contribution >= 0.6 is 0 Å². The molecule has 0 spiro atoms. The number of methoxy groups -OCH3 is 4. The van der Waals surface area contributed by atoms with Gasteiger partial charge in [0, 0.05) is 25.1 Å². The van der Waals surface area contributed by atoms with Crippen molar-refractivity contribution in [3.05, 3.63) is 47.8 Å².